The van der Waals surface area contributed by atoms with Crippen LogP contribution < -0.4 is 5.32 Å². The Morgan fingerprint density at radius 3 is 2.40 bits per heavy atom. The van der Waals surface area contributed by atoms with Gasteiger partial charge in [-0.25, -0.2) is 0 Å². The molecule has 1 aromatic rings. The minimum atomic E-state index is -0.411. The van der Waals surface area contributed by atoms with Gasteiger partial charge in [0.1, 0.15) is 0 Å². The van der Waals surface area contributed by atoms with Crippen molar-refractivity contribution in [1.29, 1.82) is 0 Å². The zero-order chi connectivity index (χ0) is 14.5. The third-order valence-electron chi connectivity index (χ3n) is 3.22. The summed E-state index contributed by atoms with van der Waals surface area (Å²) in [6.45, 7) is 3.51. The Bertz CT molecular complexity index is 490. The number of carbonyl (C=O) groups excluding carboxylic acids is 3. The van der Waals surface area contributed by atoms with Crippen molar-refractivity contribution >= 4 is 17.7 Å². The summed E-state index contributed by atoms with van der Waals surface area (Å²) in [5, 5.41) is 2.51. The summed E-state index contributed by atoms with van der Waals surface area (Å²) in [6, 6.07) is 3.14. The summed E-state index contributed by atoms with van der Waals surface area (Å²) in [5.74, 6) is -0.374. The number of nitrogens with one attached hydrogen (secondary N) is 1. The van der Waals surface area contributed by atoms with Gasteiger partial charge in [0.15, 0.2) is 5.76 Å². The van der Waals surface area contributed by atoms with E-state index in [0.717, 1.165) is 0 Å². The third kappa shape index (κ3) is 3.37. The maximum atomic E-state index is 11.9. The summed E-state index contributed by atoms with van der Waals surface area (Å²) in [7, 11) is 0. The molecular formula is C13H17N3O4. The van der Waals surface area contributed by atoms with Crippen LogP contribution in [0.15, 0.2) is 22.8 Å². The van der Waals surface area contributed by atoms with Crippen LogP contribution in [0.4, 0.5) is 0 Å². The van der Waals surface area contributed by atoms with E-state index < -0.39 is 5.91 Å². The molecule has 0 bridgehead atoms. The number of rotatable bonds is 3. The third-order valence-corrected chi connectivity index (χ3v) is 3.22. The molecule has 1 N–H and O–H groups in total. The van der Waals surface area contributed by atoms with Gasteiger partial charge in [0.25, 0.3) is 5.91 Å². The molecule has 0 atom stereocenters. The van der Waals surface area contributed by atoms with Crippen LogP contribution in [0.3, 0.4) is 0 Å². The molecule has 0 aromatic carbocycles. The van der Waals surface area contributed by atoms with Gasteiger partial charge in [-0.05, 0) is 12.1 Å². The minimum Gasteiger partial charge on any atom is -0.459 e. The lowest BCUT2D eigenvalue weighted by Gasteiger charge is -2.34. The molecule has 1 aliphatic rings. The fourth-order valence-electron chi connectivity index (χ4n) is 2.03. The number of nitrogens with zero attached hydrogens (tertiary/aromatic N) is 2. The van der Waals surface area contributed by atoms with E-state index >= 15 is 0 Å². The van der Waals surface area contributed by atoms with Gasteiger partial charge in [-0.15, -0.1) is 0 Å². The minimum absolute atomic E-state index is 0.0169. The number of furan rings is 1. The molecule has 2 heterocycles. The molecule has 20 heavy (non-hydrogen) atoms. The van der Waals surface area contributed by atoms with E-state index in [4.69, 9.17) is 4.42 Å². The van der Waals surface area contributed by atoms with Gasteiger partial charge in [0.05, 0.1) is 12.8 Å². The van der Waals surface area contributed by atoms with Crippen molar-refractivity contribution < 1.29 is 18.8 Å². The van der Waals surface area contributed by atoms with Crippen LogP contribution in [0.25, 0.3) is 0 Å². The summed E-state index contributed by atoms with van der Waals surface area (Å²) in [6.07, 6.45) is 1.40. The van der Waals surface area contributed by atoms with Gasteiger partial charge in [0, 0.05) is 33.1 Å². The number of piperazine rings is 1. The lowest BCUT2D eigenvalue weighted by Crippen LogP contribution is -2.52. The second kappa shape index (κ2) is 6.23. The fraction of sp³-hybridized carbons (Fsp3) is 0.462. The number of hydrogen-bond acceptors (Lipinski definition) is 4. The summed E-state index contributed by atoms with van der Waals surface area (Å²) < 4.78 is 4.93. The highest BCUT2D eigenvalue weighted by atomic mass is 16.3. The van der Waals surface area contributed by atoms with Crippen LogP contribution in [-0.4, -0.2) is 60.2 Å². The normalized spacial score (nSPS) is 15.1. The predicted molar refractivity (Wildman–Crippen MR) is 69.9 cm³/mol. The average molecular weight is 279 g/mol. The molecule has 1 aliphatic heterocycles. The zero-order valence-corrected chi connectivity index (χ0v) is 11.3. The molecule has 7 nitrogen and oxygen atoms in total. The van der Waals surface area contributed by atoms with E-state index in [1.165, 1.54) is 19.3 Å². The van der Waals surface area contributed by atoms with Crippen molar-refractivity contribution in [2.24, 2.45) is 0 Å². The fourth-order valence-corrected chi connectivity index (χ4v) is 2.03. The Labute approximate surface area is 116 Å². The first-order valence-corrected chi connectivity index (χ1v) is 6.43. The highest BCUT2D eigenvalue weighted by Crippen LogP contribution is 2.03. The predicted octanol–water partition coefficient (Wildman–Crippen LogP) is -0.300. The number of amides is 3. The molecule has 1 saturated heterocycles. The van der Waals surface area contributed by atoms with Crippen molar-refractivity contribution in [3.63, 3.8) is 0 Å². The van der Waals surface area contributed by atoms with E-state index in [1.54, 1.807) is 15.9 Å². The standard InChI is InChI=1S/C13H17N3O4/c1-10(17)15-4-6-16(7-5-15)12(18)9-14-13(19)11-3-2-8-20-11/h2-3,8H,4-7,9H2,1H3,(H,14,19). The Balaban J connectivity index is 1.76. The smallest absolute Gasteiger partial charge is 0.287 e. The molecule has 3 amide bonds. The van der Waals surface area contributed by atoms with E-state index in [9.17, 15) is 14.4 Å². The first-order valence-electron chi connectivity index (χ1n) is 6.43. The maximum absolute atomic E-state index is 11.9. The topological polar surface area (TPSA) is 82.9 Å². The monoisotopic (exact) mass is 279 g/mol. The molecule has 2 rings (SSSR count). The van der Waals surface area contributed by atoms with Gasteiger partial charge in [0.2, 0.25) is 11.8 Å². The number of carbonyl (C=O) groups is 3. The largest absolute Gasteiger partial charge is 0.459 e. The highest BCUT2D eigenvalue weighted by molar-refractivity contribution is 5.94. The van der Waals surface area contributed by atoms with Gasteiger partial charge in [-0.1, -0.05) is 0 Å². The molecule has 0 spiro atoms. The number of hydrogen-bond donors (Lipinski definition) is 1. The summed E-state index contributed by atoms with van der Waals surface area (Å²) in [4.78, 5) is 38.0. The Hall–Kier alpha value is -2.31. The van der Waals surface area contributed by atoms with Crippen molar-refractivity contribution in [3.8, 4) is 0 Å². The average Bonchev–Trinajstić information content (AvgIpc) is 2.98. The molecule has 0 aliphatic carbocycles. The van der Waals surface area contributed by atoms with Crippen molar-refractivity contribution in [2.75, 3.05) is 32.7 Å². The van der Waals surface area contributed by atoms with Crippen LogP contribution in [-0.2, 0) is 9.59 Å². The molecular weight excluding hydrogens is 262 g/mol. The van der Waals surface area contributed by atoms with Crippen LogP contribution >= 0.6 is 0 Å². The Kier molecular flexibility index (Phi) is 4.39. The first-order chi connectivity index (χ1) is 9.58. The molecule has 1 aromatic heterocycles. The first kappa shape index (κ1) is 14.1. The molecule has 0 saturated carbocycles. The Morgan fingerprint density at radius 2 is 1.85 bits per heavy atom. The molecule has 1 fully saturated rings. The molecule has 7 heteroatoms. The molecule has 0 unspecified atom stereocenters. The quantitative estimate of drug-likeness (QED) is 0.823. The summed E-state index contributed by atoms with van der Waals surface area (Å²) >= 11 is 0. The zero-order valence-electron chi connectivity index (χ0n) is 11.3. The maximum Gasteiger partial charge on any atom is 0.287 e. The molecule has 0 radical (unpaired) electrons. The van der Waals surface area contributed by atoms with Crippen molar-refractivity contribution in [3.05, 3.63) is 24.2 Å². The van der Waals surface area contributed by atoms with Crippen LogP contribution in [0.5, 0.6) is 0 Å². The highest BCUT2D eigenvalue weighted by Gasteiger charge is 2.22. The Morgan fingerprint density at radius 1 is 1.20 bits per heavy atom. The van der Waals surface area contributed by atoms with E-state index in [0.29, 0.717) is 26.2 Å². The van der Waals surface area contributed by atoms with Gasteiger partial charge in [-0.2, -0.15) is 0 Å². The van der Waals surface area contributed by atoms with Crippen LogP contribution in [0.1, 0.15) is 17.5 Å². The van der Waals surface area contributed by atoms with Crippen molar-refractivity contribution in [2.45, 2.75) is 6.92 Å². The second-order valence-corrected chi connectivity index (χ2v) is 4.55. The summed E-state index contributed by atoms with van der Waals surface area (Å²) in [5.41, 5.74) is 0. The van der Waals surface area contributed by atoms with Crippen LogP contribution in [0, 0.1) is 0 Å². The van der Waals surface area contributed by atoms with Crippen LogP contribution in [0.2, 0.25) is 0 Å². The van der Waals surface area contributed by atoms with E-state index in [-0.39, 0.29) is 24.1 Å². The van der Waals surface area contributed by atoms with E-state index in [1.807, 2.05) is 0 Å². The SMILES string of the molecule is CC(=O)N1CCN(C(=O)CNC(=O)c2ccco2)CC1. The van der Waals surface area contributed by atoms with E-state index in [2.05, 4.69) is 5.32 Å². The van der Waals surface area contributed by atoms with Crippen molar-refractivity contribution in [1.82, 2.24) is 15.1 Å². The van der Waals surface area contributed by atoms with Gasteiger partial charge < -0.3 is 19.5 Å². The van der Waals surface area contributed by atoms with Gasteiger partial charge >= 0.3 is 0 Å². The lowest BCUT2D eigenvalue weighted by atomic mass is 10.3. The lowest BCUT2D eigenvalue weighted by molar-refractivity contribution is -0.137. The molecule has 108 valence electrons. The second-order valence-electron chi connectivity index (χ2n) is 4.55. The van der Waals surface area contributed by atoms with Gasteiger partial charge in [-0.3, -0.25) is 14.4 Å².